The van der Waals surface area contributed by atoms with Crippen LogP contribution in [0, 0.1) is 11.3 Å². The Kier molecular flexibility index (Phi) is 4.10. The molecule has 1 aliphatic heterocycles. The summed E-state index contributed by atoms with van der Waals surface area (Å²) in [5.41, 5.74) is 2.47. The van der Waals surface area contributed by atoms with Gasteiger partial charge in [0.2, 0.25) is 0 Å². The molecule has 1 aromatic heterocycles. The molecule has 0 amide bonds. The van der Waals surface area contributed by atoms with Crippen LogP contribution in [0.4, 0.5) is 0 Å². The van der Waals surface area contributed by atoms with Crippen molar-refractivity contribution in [3.8, 4) is 16.5 Å². The maximum Gasteiger partial charge on any atom is 0.136 e. The van der Waals surface area contributed by atoms with E-state index in [9.17, 15) is 5.26 Å². The molecule has 108 valence electrons. The van der Waals surface area contributed by atoms with E-state index in [1.165, 1.54) is 11.3 Å². The van der Waals surface area contributed by atoms with Gasteiger partial charge in [0.1, 0.15) is 16.6 Å². The highest BCUT2D eigenvalue weighted by atomic mass is 35.5. The van der Waals surface area contributed by atoms with Gasteiger partial charge in [-0.05, 0) is 29.8 Å². The predicted molar refractivity (Wildman–Crippen MR) is 91.1 cm³/mol. The van der Waals surface area contributed by atoms with Crippen LogP contribution in [0.15, 0.2) is 60.6 Å². The Morgan fingerprint density at radius 2 is 2.05 bits per heavy atom. The molecule has 0 fully saturated rings. The van der Waals surface area contributed by atoms with Gasteiger partial charge in [0.15, 0.2) is 0 Å². The van der Waals surface area contributed by atoms with E-state index in [2.05, 4.69) is 11.1 Å². The summed E-state index contributed by atoms with van der Waals surface area (Å²) in [4.78, 5) is 7.35. The van der Waals surface area contributed by atoms with E-state index in [1.54, 1.807) is 6.20 Å². The minimum atomic E-state index is 0.577. The normalized spacial score (nSPS) is 15.8. The zero-order valence-electron chi connectivity index (χ0n) is 11.8. The van der Waals surface area contributed by atoms with Crippen molar-refractivity contribution >= 4 is 28.5 Å². The van der Waals surface area contributed by atoms with Gasteiger partial charge in [-0.25, -0.2) is 4.98 Å². The van der Waals surface area contributed by atoms with Crippen molar-refractivity contribution in [1.29, 1.82) is 5.26 Å². The number of hydrogen-bond acceptors (Lipinski definition) is 4. The van der Waals surface area contributed by atoms with E-state index in [0.717, 1.165) is 16.1 Å². The van der Waals surface area contributed by atoms with Crippen molar-refractivity contribution in [2.24, 2.45) is 0 Å². The first-order valence-corrected chi connectivity index (χ1v) is 7.82. The summed E-state index contributed by atoms with van der Waals surface area (Å²) in [7, 11) is 1.92. The van der Waals surface area contributed by atoms with E-state index in [4.69, 9.17) is 11.6 Å². The van der Waals surface area contributed by atoms with Crippen LogP contribution in [0.25, 0.3) is 16.0 Å². The second-order valence-electron chi connectivity index (χ2n) is 4.72. The zero-order valence-corrected chi connectivity index (χ0v) is 13.4. The number of likely N-dealkylation sites (N-methyl/N-ethyl adjacent to an activating group) is 1. The number of nitrogens with zero attached hydrogens (tertiary/aromatic N) is 3. The van der Waals surface area contributed by atoms with E-state index in [1.807, 2.05) is 60.6 Å². The van der Waals surface area contributed by atoms with Crippen LogP contribution in [0.3, 0.4) is 0 Å². The topological polar surface area (TPSA) is 39.9 Å². The Morgan fingerprint density at radius 1 is 1.27 bits per heavy atom. The fourth-order valence-corrected chi connectivity index (χ4v) is 3.19. The van der Waals surface area contributed by atoms with Crippen molar-refractivity contribution in [2.75, 3.05) is 7.05 Å². The molecule has 0 atom stereocenters. The van der Waals surface area contributed by atoms with Crippen molar-refractivity contribution in [2.45, 2.75) is 0 Å². The molecule has 0 saturated heterocycles. The number of aromatic nitrogens is 1. The molecule has 0 spiro atoms. The first-order chi connectivity index (χ1) is 10.7. The minimum Gasteiger partial charge on any atom is -0.350 e. The lowest BCUT2D eigenvalue weighted by atomic mass is 10.1. The van der Waals surface area contributed by atoms with Crippen LogP contribution in [0.2, 0.25) is 5.02 Å². The van der Waals surface area contributed by atoms with Gasteiger partial charge in [0.05, 0.1) is 10.6 Å². The number of nitriles is 1. The molecule has 3 rings (SSSR count). The molecule has 1 aromatic carbocycles. The average molecular weight is 326 g/mol. The first kappa shape index (κ1) is 14.6. The highest BCUT2D eigenvalue weighted by Gasteiger charge is 2.15. The van der Waals surface area contributed by atoms with Crippen molar-refractivity contribution in [1.82, 2.24) is 9.88 Å². The number of halogens is 1. The predicted octanol–water partition coefficient (Wildman–Crippen LogP) is 4.71. The van der Waals surface area contributed by atoms with Crippen molar-refractivity contribution in [3.05, 3.63) is 70.6 Å². The molecule has 0 N–H and O–H groups in total. The molecule has 2 heterocycles. The smallest absolute Gasteiger partial charge is 0.136 e. The third-order valence-electron chi connectivity index (χ3n) is 3.27. The summed E-state index contributed by atoms with van der Waals surface area (Å²) >= 11 is 7.41. The molecule has 3 nitrogen and oxygen atoms in total. The Hall–Kier alpha value is -2.35. The van der Waals surface area contributed by atoms with Crippen LogP contribution in [0.1, 0.15) is 5.01 Å². The summed E-state index contributed by atoms with van der Waals surface area (Å²) in [6, 6.07) is 9.88. The summed E-state index contributed by atoms with van der Waals surface area (Å²) < 4.78 is 0. The molecule has 5 heteroatoms. The lowest BCUT2D eigenvalue weighted by Gasteiger charge is -2.18. The third-order valence-corrected chi connectivity index (χ3v) is 4.59. The Labute approximate surface area is 138 Å². The van der Waals surface area contributed by atoms with Gasteiger partial charge in [-0.15, -0.1) is 11.3 Å². The molecular formula is C17H12ClN3S. The summed E-state index contributed by atoms with van der Waals surface area (Å²) in [6.45, 7) is 0. The van der Waals surface area contributed by atoms with Crippen LogP contribution in [0.5, 0.6) is 0 Å². The van der Waals surface area contributed by atoms with Gasteiger partial charge in [0.25, 0.3) is 0 Å². The maximum atomic E-state index is 9.52. The summed E-state index contributed by atoms with van der Waals surface area (Å²) in [6.07, 6.45) is 9.48. The highest BCUT2D eigenvalue weighted by molar-refractivity contribution is 7.16. The van der Waals surface area contributed by atoms with Gasteiger partial charge in [-0.1, -0.05) is 29.8 Å². The van der Waals surface area contributed by atoms with Gasteiger partial charge < -0.3 is 4.90 Å². The largest absolute Gasteiger partial charge is 0.350 e. The lowest BCUT2D eigenvalue weighted by molar-refractivity contribution is 0.587. The van der Waals surface area contributed by atoms with Gasteiger partial charge in [-0.3, -0.25) is 0 Å². The van der Waals surface area contributed by atoms with Gasteiger partial charge >= 0.3 is 0 Å². The third kappa shape index (κ3) is 2.82. The van der Waals surface area contributed by atoms with Crippen molar-refractivity contribution < 1.29 is 0 Å². The average Bonchev–Trinajstić information content (AvgIpc) is 3.00. The number of hydrogen-bond donors (Lipinski definition) is 0. The van der Waals surface area contributed by atoms with Gasteiger partial charge in [0, 0.05) is 24.5 Å². The minimum absolute atomic E-state index is 0.577. The Morgan fingerprint density at radius 3 is 2.73 bits per heavy atom. The maximum absolute atomic E-state index is 9.52. The van der Waals surface area contributed by atoms with E-state index >= 15 is 0 Å². The van der Waals surface area contributed by atoms with Crippen molar-refractivity contribution in [3.63, 3.8) is 0 Å². The van der Waals surface area contributed by atoms with E-state index in [0.29, 0.717) is 15.6 Å². The lowest BCUT2D eigenvalue weighted by Crippen LogP contribution is -2.12. The second kappa shape index (κ2) is 6.18. The van der Waals surface area contributed by atoms with Crippen LogP contribution < -0.4 is 0 Å². The second-order valence-corrected chi connectivity index (χ2v) is 6.19. The molecule has 0 unspecified atom stereocenters. The van der Waals surface area contributed by atoms with Crippen LogP contribution in [-0.2, 0) is 0 Å². The molecule has 0 saturated carbocycles. The monoisotopic (exact) mass is 325 g/mol. The Bertz CT molecular complexity index is 822. The van der Waals surface area contributed by atoms with Crippen LogP contribution in [-0.4, -0.2) is 16.9 Å². The summed E-state index contributed by atoms with van der Waals surface area (Å²) in [5, 5.41) is 10.9. The fraction of sp³-hybridized carbons (Fsp3) is 0.0588. The quantitative estimate of drug-likeness (QED) is 0.750. The molecule has 0 bridgehead atoms. The number of allylic oxidation sites excluding steroid dienone is 4. The standard InChI is InChI=1S/C17H12ClN3S/c1-21-9-3-2-4-15(21)14(10-19)17-20-11-16(22-17)12-5-7-13(18)8-6-12/h2-9,11H,1H3/b15-14+. The number of thiazole rings is 1. The van der Waals surface area contributed by atoms with E-state index in [-0.39, 0.29) is 0 Å². The zero-order chi connectivity index (χ0) is 15.5. The van der Waals surface area contributed by atoms with Crippen LogP contribution >= 0.6 is 22.9 Å². The molecule has 0 aliphatic carbocycles. The Balaban J connectivity index is 2.01. The molecule has 2 aromatic rings. The highest BCUT2D eigenvalue weighted by Crippen LogP contribution is 2.32. The number of rotatable bonds is 2. The molecule has 0 radical (unpaired) electrons. The molecule has 22 heavy (non-hydrogen) atoms. The van der Waals surface area contributed by atoms with E-state index < -0.39 is 0 Å². The first-order valence-electron chi connectivity index (χ1n) is 6.63. The SMILES string of the molecule is CN1C=CC=C/C1=C(/C#N)c1ncc(-c2ccc(Cl)cc2)s1. The molecule has 1 aliphatic rings. The molecular weight excluding hydrogens is 314 g/mol. The van der Waals surface area contributed by atoms with Gasteiger partial charge in [-0.2, -0.15) is 5.26 Å². The summed E-state index contributed by atoms with van der Waals surface area (Å²) in [5.74, 6) is 0. The fourth-order valence-electron chi connectivity index (χ4n) is 2.14. The number of benzene rings is 1.